The van der Waals surface area contributed by atoms with E-state index in [0.717, 1.165) is 16.5 Å². The van der Waals surface area contributed by atoms with Crippen molar-refractivity contribution in [3.8, 4) is 5.75 Å². The Kier molecular flexibility index (Phi) is 3.97. The van der Waals surface area contributed by atoms with Gasteiger partial charge in [0.25, 0.3) is 0 Å². The molecule has 3 heteroatoms. The van der Waals surface area contributed by atoms with Crippen LogP contribution in [-0.4, -0.2) is 17.9 Å². The van der Waals surface area contributed by atoms with Crippen molar-refractivity contribution in [2.75, 3.05) is 7.11 Å². The molecule has 1 heterocycles. The Balaban J connectivity index is 1.98. The molecule has 22 heavy (non-hydrogen) atoms. The molecular formula is C19H15NO2. The van der Waals surface area contributed by atoms with Crippen LogP contribution in [0.15, 0.2) is 66.9 Å². The number of benzene rings is 2. The first-order valence-corrected chi connectivity index (χ1v) is 6.98. The Morgan fingerprint density at radius 1 is 1.09 bits per heavy atom. The fraction of sp³-hybridized carbons (Fsp3) is 0.0526. The molecule has 3 nitrogen and oxygen atoms in total. The largest absolute Gasteiger partial charge is 0.497 e. The van der Waals surface area contributed by atoms with Gasteiger partial charge in [0.1, 0.15) is 5.75 Å². The monoisotopic (exact) mass is 289 g/mol. The van der Waals surface area contributed by atoms with E-state index >= 15 is 0 Å². The van der Waals surface area contributed by atoms with E-state index in [2.05, 4.69) is 4.98 Å². The molecule has 0 unspecified atom stereocenters. The summed E-state index contributed by atoms with van der Waals surface area (Å²) in [5.41, 5.74) is 2.39. The fourth-order valence-corrected chi connectivity index (χ4v) is 2.29. The van der Waals surface area contributed by atoms with Gasteiger partial charge < -0.3 is 4.74 Å². The zero-order valence-corrected chi connectivity index (χ0v) is 12.2. The van der Waals surface area contributed by atoms with Gasteiger partial charge in [-0.2, -0.15) is 0 Å². The van der Waals surface area contributed by atoms with Gasteiger partial charge in [0.15, 0.2) is 5.78 Å². The quantitative estimate of drug-likeness (QED) is 0.535. The van der Waals surface area contributed by atoms with Gasteiger partial charge in [0, 0.05) is 17.1 Å². The van der Waals surface area contributed by atoms with Crippen LogP contribution in [0.1, 0.15) is 15.9 Å². The third kappa shape index (κ3) is 2.88. The molecule has 0 aliphatic heterocycles. The summed E-state index contributed by atoms with van der Waals surface area (Å²) < 4.78 is 5.23. The molecular weight excluding hydrogens is 274 g/mol. The van der Waals surface area contributed by atoms with Gasteiger partial charge in [-0.25, -0.2) is 0 Å². The smallest absolute Gasteiger partial charge is 0.186 e. The van der Waals surface area contributed by atoms with Gasteiger partial charge >= 0.3 is 0 Å². The summed E-state index contributed by atoms with van der Waals surface area (Å²) in [5, 5.41) is 0.796. The minimum absolute atomic E-state index is 0.0514. The highest BCUT2D eigenvalue weighted by Gasteiger charge is 2.09. The summed E-state index contributed by atoms with van der Waals surface area (Å²) in [5.74, 6) is 0.658. The minimum Gasteiger partial charge on any atom is -0.497 e. The molecule has 3 rings (SSSR count). The van der Waals surface area contributed by atoms with Crippen molar-refractivity contribution in [2.24, 2.45) is 0 Å². The van der Waals surface area contributed by atoms with Crippen molar-refractivity contribution in [2.45, 2.75) is 0 Å². The number of carbonyl (C=O) groups is 1. The van der Waals surface area contributed by atoms with E-state index < -0.39 is 0 Å². The summed E-state index contributed by atoms with van der Waals surface area (Å²) in [6.45, 7) is 0. The summed E-state index contributed by atoms with van der Waals surface area (Å²) in [6, 6.07) is 17.0. The number of methoxy groups -OCH3 is 1. The molecule has 0 saturated carbocycles. The first-order valence-electron chi connectivity index (χ1n) is 6.98. The molecule has 0 spiro atoms. The van der Waals surface area contributed by atoms with Crippen LogP contribution in [0, 0.1) is 0 Å². The number of hydrogen-bond acceptors (Lipinski definition) is 3. The van der Waals surface area contributed by atoms with E-state index in [9.17, 15) is 4.79 Å². The number of nitrogens with zero attached hydrogens (tertiary/aromatic N) is 1. The first kappa shape index (κ1) is 14.0. The van der Waals surface area contributed by atoms with E-state index in [0.29, 0.717) is 11.3 Å². The molecule has 2 aromatic carbocycles. The number of carbonyl (C=O) groups excluding carboxylic acids is 1. The third-order valence-corrected chi connectivity index (χ3v) is 3.44. The first-order chi connectivity index (χ1) is 10.8. The molecule has 0 fully saturated rings. The van der Waals surface area contributed by atoms with Crippen LogP contribution in [0.2, 0.25) is 0 Å². The second-order valence-corrected chi connectivity index (χ2v) is 4.85. The SMILES string of the molecule is COc1ccc2nccc(C(=O)/C=C/c3ccccc3)c2c1. The number of aromatic nitrogens is 1. The third-order valence-electron chi connectivity index (χ3n) is 3.44. The maximum Gasteiger partial charge on any atom is 0.186 e. The predicted molar refractivity (Wildman–Crippen MR) is 88.1 cm³/mol. The predicted octanol–water partition coefficient (Wildman–Crippen LogP) is 4.14. The van der Waals surface area contributed by atoms with Gasteiger partial charge in [-0.3, -0.25) is 9.78 Å². The van der Waals surface area contributed by atoms with Crippen LogP contribution in [-0.2, 0) is 0 Å². The maximum atomic E-state index is 12.5. The molecule has 0 N–H and O–H groups in total. The number of pyridine rings is 1. The van der Waals surface area contributed by atoms with Crippen molar-refractivity contribution in [3.63, 3.8) is 0 Å². The van der Waals surface area contributed by atoms with Gasteiger partial charge in [0.2, 0.25) is 0 Å². The lowest BCUT2D eigenvalue weighted by Gasteiger charge is -2.05. The van der Waals surface area contributed by atoms with Crippen LogP contribution >= 0.6 is 0 Å². The lowest BCUT2D eigenvalue weighted by Crippen LogP contribution is -1.97. The number of hydrogen-bond donors (Lipinski definition) is 0. The van der Waals surface area contributed by atoms with E-state index in [4.69, 9.17) is 4.74 Å². The average Bonchev–Trinajstić information content (AvgIpc) is 2.59. The summed E-state index contributed by atoms with van der Waals surface area (Å²) in [4.78, 5) is 16.8. The highest BCUT2D eigenvalue weighted by molar-refractivity contribution is 6.14. The summed E-state index contributed by atoms with van der Waals surface area (Å²) >= 11 is 0. The Bertz CT molecular complexity index is 838. The average molecular weight is 289 g/mol. The van der Waals surface area contributed by atoms with E-state index in [1.165, 1.54) is 0 Å². The lowest BCUT2D eigenvalue weighted by atomic mass is 10.0. The summed E-state index contributed by atoms with van der Waals surface area (Å²) in [6.07, 6.45) is 5.05. The van der Waals surface area contributed by atoms with Crippen LogP contribution in [0.3, 0.4) is 0 Å². The van der Waals surface area contributed by atoms with Gasteiger partial charge in [-0.15, -0.1) is 0 Å². The van der Waals surface area contributed by atoms with Gasteiger partial charge in [-0.05, 0) is 35.9 Å². The lowest BCUT2D eigenvalue weighted by molar-refractivity contribution is 0.104. The molecule has 0 saturated heterocycles. The molecule has 0 radical (unpaired) electrons. The fourth-order valence-electron chi connectivity index (χ4n) is 2.29. The van der Waals surface area contributed by atoms with Crippen molar-refractivity contribution in [1.29, 1.82) is 0 Å². The zero-order chi connectivity index (χ0) is 15.4. The molecule has 108 valence electrons. The second-order valence-electron chi connectivity index (χ2n) is 4.85. The molecule has 3 aromatic rings. The highest BCUT2D eigenvalue weighted by atomic mass is 16.5. The van der Waals surface area contributed by atoms with Crippen molar-refractivity contribution < 1.29 is 9.53 Å². The molecule has 0 amide bonds. The number of ether oxygens (including phenoxy) is 1. The number of allylic oxidation sites excluding steroid dienone is 1. The minimum atomic E-state index is -0.0514. The van der Waals surface area contributed by atoms with E-state index in [1.807, 2.05) is 54.6 Å². The van der Waals surface area contributed by atoms with Crippen molar-refractivity contribution in [3.05, 3.63) is 78.0 Å². The molecule has 0 bridgehead atoms. The van der Waals surface area contributed by atoms with E-state index in [1.54, 1.807) is 25.4 Å². The number of rotatable bonds is 4. The Morgan fingerprint density at radius 3 is 2.68 bits per heavy atom. The molecule has 0 aliphatic rings. The van der Waals surface area contributed by atoms with Crippen LogP contribution < -0.4 is 4.74 Å². The van der Waals surface area contributed by atoms with E-state index in [-0.39, 0.29) is 5.78 Å². The zero-order valence-electron chi connectivity index (χ0n) is 12.2. The number of ketones is 1. The molecule has 1 aromatic heterocycles. The maximum absolute atomic E-state index is 12.5. The Morgan fingerprint density at radius 2 is 1.91 bits per heavy atom. The topological polar surface area (TPSA) is 39.2 Å². The van der Waals surface area contributed by atoms with Crippen LogP contribution in [0.4, 0.5) is 0 Å². The molecule has 0 aliphatic carbocycles. The van der Waals surface area contributed by atoms with Gasteiger partial charge in [0.05, 0.1) is 12.6 Å². The summed E-state index contributed by atoms with van der Waals surface area (Å²) in [7, 11) is 1.61. The van der Waals surface area contributed by atoms with Crippen molar-refractivity contribution >= 4 is 22.8 Å². The highest BCUT2D eigenvalue weighted by Crippen LogP contribution is 2.23. The Labute approximate surface area is 128 Å². The Hall–Kier alpha value is -2.94. The number of fused-ring (bicyclic) bond motifs is 1. The molecule has 0 atom stereocenters. The normalized spacial score (nSPS) is 11.0. The van der Waals surface area contributed by atoms with Gasteiger partial charge in [-0.1, -0.05) is 36.4 Å². The van der Waals surface area contributed by atoms with Crippen molar-refractivity contribution in [1.82, 2.24) is 4.98 Å². The van der Waals surface area contributed by atoms with Crippen LogP contribution in [0.25, 0.3) is 17.0 Å². The second kappa shape index (κ2) is 6.22. The standard InChI is InChI=1S/C19H15NO2/c1-22-15-8-9-18-17(13-15)16(11-12-20-18)19(21)10-7-14-5-3-2-4-6-14/h2-13H,1H3/b10-7+. The van der Waals surface area contributed by atoms with Crippen LogP contribution in [0.5, 0.6) is 5.75 Å².